The summed E-state index contributed by atoms with van der Waals surface area (Å²) in [6, 6.07) is 33.4. The molecule has 0 bridgehead atoms. The van der Waals surface area contributed by atoms with Crippen molar-refractivity contribution in [1.29, 1.82) is 0 Å². The van der Waals surface area contributed by atoms with Crippen molar-refractivity contribution in [3.05, 3.63) is 127 Å². The van der Waals surface area contributed by atoms with E-state index in [1.807, 2.05) is 91.1 Å². The Morgan fingerprint density at radius 3 is 2.03 bits per heavy atom. The molecule has 6 rings (SSSR count). The van der Waals surface area contributed by atoms with Gasteiger partial charge in [-0.15, -0.1) is 0 Å². The zero-order valence-corrected chi connectivity index (χ0v) is 18.8. The summed E-state index contributed by atoms with van der Waals surface area (Å²) >= 11 is 0. The van der Waals surface area contributed by atoms with Crippen molar-refractivity contribution in [2.75, 3.05) is 4.90 Å². The van der Waals surface area contributed by atoms with Crippen LogP contribution in [0.1, 0.15) is 11.1 Å². The minimum absolute atomic E-state index is 0.533. The fraction of sp³-hybridized carbons (Fsp3) is 0. The van der Waals surface area contributed by atoms with Gasteiger partial charge < -0.3 is 9.47 Å². The van der Waals surface area contributed by atoms with E-state index in [0.29, 0.717) is 23.1 Å². The monoisotopic (exact) mass is 455 g/mol. The Morgan fingerprint density at radius 1 is 0.514 bits per heavy atom. The van der Waals surface area contributed by atoms with Gasteiger partial charge in [0.05, 0.1) is 11.4 Å². The summed E-state index contributed by atoms with van der Waals surface area (Å²) in [5.41, 5.74) is 4.25. The molecule has 1 aliphatic rings. The van der Waals surface area contributed by atoms with E-state index in [1.165, 1.54) is 0 Å². The van der Waals surface area contributed by atoms with Gasteiger partial charge in [-0.3, -0.25) is 4.90 Å². The van der Waals surface area contributed by atoms with E-state index in [0.717, 1.165) is 28.3 Å². The predicted octanol–water partition coefficient (Wildman–Crippen LogP) is 8.01. The van der Waals surface area contributed by atoms with Crippen molar-refractivity contribution in [2.24, 2.45) is 0 Å². The molecule has 0 fully saturated rings. The van der Waals surface area contributed by atoms with Crippen LogP contribution < -0.4 is 14.4 Å². The lowest BCUT2D eigenvalue weighted by molar-refractivity contribution is 0.449. The molecule has 0 saturated heterocycles. The number of para-hydroxylation sites is 1. The molecule has 5 heteroatoms. The van der Waals surface area contributed by atoms with Crippen molar-refractivity contribution >= 4 is 29.3 Å². The van der Waals surface area contributed by atoms with Crippen LogP contribution in [-0.2, 0) is 0 Å². The van der Waals surface area contributed by atoms with Crippen LogP contribution in [-0.4, -0.2) is 9.97 Å². The number of hydrogen-bond donors (Lipinski definition) is 0. The summed E-state index contributed by atoms with van der Waals surface area (Å²) in [5.74, 6) is 3.42. The van der Waals surface area contributed by atoms with Gasteiger partial charge >= 0.3 is 0 Å². The van der Waals surface area contributed by atoms with Crippen LogP contribution in [0.4, 0.5) is 17.2 Å². The van der Waals surface area contributed by atoms with Crippen molar-refractivity contribution in [2.45, 2.75) is 0 Å². The summed E-state index contributed by atoms with van der Waals surface area (Å²) in [7, 11) is 0. The number of fused-ring (bicyclic) bond motifs is 2. The first-order valence-electron chi connectivity index (χ1n) is 11.3. The third-order valence-corrected chi connectivity index (χ3v) is 5.64. The van der Waals surface area contributed by atoms with Gasteiger partial charge in [-0.05, 0) is 59.7 Å². The van der Waals surface area contributed by atoms with E-state index < -0.39 is 0 Å². The Labute approximate surface area is 203 Å². The third kappa shape index (κ3) is 4.35. The van der Waals surface area contributed by atoms with Crippen LogP contribution in [0.5, 0.6) is 23.1 Å². The van der Waals surface area contributed by atoms with Gasteiger partial charge in [-0.2, -0.15) is 0 Å². The largest absolute Gasteiger partial charge is 0.457 e. The molecule has 5 aromatic rings. The van der Waals surface area contributed by atoms with Crippen LogP contribution in [0, 0.1) is 0 Å². The topological polar surface area (TPSA) is 47.5 Å². The van der Waals surface area contributed by atoms with Gasteiger partial charge in [0.15, 0.2) is 0 Å². The molecule has 0 unspecified atom stereocenters. The van der Waals surface area contributed by atoms with Crippen molar-refractivity contribution in [3.63, 3.8) is 0 Å². The average molecular weight is 456 g/mol. The Balaban J connectivity index is 1.36. The first kappa shape index (κ1) is 20.7. The van der Waals surface area contributed by atoms with Crippen molar-refractivity contribution < 1.29 is 9.47 Å². The highest BCUT2D eigenvalue weighted by molar-refractivity contribution is 5.92. The average Bonchev–Trinajstić information content (AvgIpc) is 3.07. The van der Waals surface area contributed by atoms with Gasteiger partial charge in [0, 0.05) is 30.6 Å². The normalized spacial score (nSPS) is 11.8. The van der Waals surface area contributed by atoms with Crippen LogP contribution >= 0.6 is 0 Å². The molecule has 168 valence electrons. The van der Waals surface area contributed by atoms with Crippen LogP contribution in [0.15, 0.2) is 116 Å². The minimum atomic E-state index is 0.533. The highest BCUT2D eigenvalue weighted by atomic mass is 16.5. The molecule has 0 atom stereocenters. The fourth-order valence-corrected chi connectivity index (χ4v) is 4.06. The Hall–Kier alpha value is -4.90. The quantitative estimate of drug-likeness (QED) is 0.263. The summed E-state index contributed by atoms with van der Waals surface area (Å²) in [4.78, 5) is 11.0. The minimum Gasteiger partial charge on any atom is -0.457 e. The summed E-state index contributed by atoms with van der Waals surface area (Å²) in [5, 5.41) is 0. The maximum Gasteiger partial charge on any atom is 0.219 e. The number of anilines is 3. The second-order valence-electron chi connectivity index (χ2n) is 7.98. The molecule has 3 aromatic carbocycles. The lowest BCUT2D eigenvalue weighted by Gasteiger charge is -2.26. The molecule has 0 aliphatic carbocycles. The van der Waals surface area contributed by atoms with Crippen molar-refractivity contribution in [3.8, 4) is 23.1 Å². The van der Waals surface area contributed by atoms with E-state index in [4.69, 9.17) is 9.47 Å². The molecule has 1 aliphatic heterocycles. The molecule has 0 spiro atoms. The highest BCUT2D eigenvalue weighted by Crippen LogP contribution is 2.43. The first-order chi connectivity index (χ1) is 17.3. The zero-order chi connectivity index (χ0) is 23.5. The molecule has 0 amide bonds. The summed E-state index contributed by atoms with van der Waals surface area (Å²) in [6.07, 6.45) is 7.77. The summed E-state index contributed by atoms with van der Waals surface area (Å²) in [6.45, 7) is 0. The van der Waals surface area contributed by atoms with Crippen LogP contribution in [0.2, 0.25) is 0 Å². The smallest absolute Gasteiger partial charge is 0.219 e. The van der Waals surface area contributed by atoms with Gasteiger partial charge in [-0.1, -0.05) is 48.6 Å². The Kier molecular flexibility index (Phi) is 5.41. The van der Waals surface area contributed by atoms with Gasteiger partial charge in [0.1, 0.15) is 23.1 Å². The molecule has 5 nitrogen and oxygen atoms in total. The lowest BCUT2D eigenvalue weighted by atomic mass is 10.1. The standard InChI is InChI=1S/C30H21N3O2/c1-2-11-27-22(8-1)14-15-23-16-17-26(21-28(23)33(27)29-12-3-5-18-31-29)34-24-9-7-10-25(20-24)35-30-13-4-6-19-32-30/h1-21H. The number of pyridine rings is 2. The van der Waals surface area contributed by atoms with Crippen LogP contribution in [0.3, 0.4) is 0 Å². The van der Waals surface area contributed by atoms with E-state index >= 15 is 0 Å². The molecule has 3 heterocycles. The maximum absolute atomic E-state index is 6.26. The molecular weight excluding hydrogens is 434 g/mol. The number of nitrogens with zero attached hydrogens (tertiary/aromatic N) is 3. The second kappa shape index (κ2) is 9.15. The molecule has 0 saturated carbocycles. The SMILES string of the molecule is C1=Cc2ccc(Oc3cccc(Oc4ccccn4)c3)cc2N(c2ccccn2)c2ccccc21. The number of rotatable bonds is 5. The fourth-order valence-electron chi connectivity index (χ4n) is 4.06. The van der Waals surface area contributed by atoms with Gasteiger partial charge in [0.25, 0.3) is 0 Å². The highest BCUT2D eigenvalue weighted by Gasteiger charge is 2.21. The molecule has 35 heavy (non-hydrogen) atoms. The number of ether oxygens (including phenoxy) is 2. The predicted molar refractivity (Wildman–Crippen MR) is 139 cm³/mol. The van der Waals surface area contributed by atoms with Gasteiger partial charge in [-0.25, -0.2) is 9.97 Å². The molecule has 2 aromatic heterocycles. The number of benzene rings is 3. The van der Waals surface area contributed by atoms with E-state index in [1.54, 1.807) is 6.20 Å². The van der Waals surface area contributed by atoms with Crippen molar-refractivity contribution in [1.82, 2.24) is 9.97 Å². The number of hydrogen-bond acceptors (Lipinski definition) is 5. The van der Waals surface area contributed by atoms with E-state index in [-0.39, 0.29) is 0 Å². The van der Waals surface area contributed by atoms with E-state index in [9.17, 15) is 0 Å². The molecule has 0 N–H and O–H groups in total. The third-order valence-electron chi connectivity index (χ3n) is 5.64. The molecular formula is C30H21N3O2. The lowest BCUT2D eigenvalue weighted by Crippen LogP contribution is -2.13. The first-order valence-corrected chi connectivity index (χ1v) is 11.3. The van der Waals surface area contributed by atoms with Crippen LogP contribution in [0.25, 0.3) is 12.2 Å². The zero-order valence-electron chi connectivity index (χ0n) is 18.8. The maximum atomic E-state index is 6.26. The van der Waals surface area contributed by atoms with Gasteiger partial charge in [0.2, 0.25) is 5.88 Å². The Bertz CT molecular complexity index is 1500. The number of aromatic nitrogens is 2. The summed E-state index contributed by atoms with van der Waals surface area (Å²) < 4.78 is 12.1. The Morgan fingerprint density at radius 2 is 1.23 bits per heavy atom. The second-order valence-corrected chi connectivity index (χ2v) is 7.98. The molecule has 0 radical (unpaired) electrons. The van der Waals surface area contributed by atoms with E-state index in [2.05, 4.69) is 45.2 Å².